The maximum absolute atomic E-state index is 12.7. The van der Waals surface area contributed by atoms with Gasteiger partial charge in [0.2, 0.25) is 10.0 Å². The molecule has 10 heteroatoms. The normalized spacial score (nSPS) is 14.3. The van der Waals surface area contributed by atoms with E-state index >= 15 is 0 Å². The van der Waals surface area contributed by atoms with Gasteiger partial charge in [-0.3, -0.25) is 4.79 Å². The van der Waals surface area contributed by atoms with Gasteiger partial charge in [0.1, 0.15) is 5.75 Å². The smallest absolute Gasteiger partial charge is 0.288 e. The first-order valence-corrected chi connectivity index (χ1v) is 12.2. The second-order valence-electron chi connectivity index (χ2n) is 7.02. The fourth-order valence-corrected chi connectivity index (χ4v) is 5.51. The van der Waals surface area contributed by atoms with Gasteiger partial charge in [0.15, 0.2) is 0 Å². The molecule has 0 radical (unpaired) electrons. The Bertz CT molecular complexity index is 1030. The summed E-state index contributed by atoms with van der Waals surface area (Å²) in [7, 11) is -1.89. The molecule has 1 N–H and O–H groups in total. The van der Waals surface area contributed by atoms with E-state index < -0.39 is 21.7 Å². The van der Waals surface area contributed by atoms with E-state index in [-0.39, 0.29) is 29.2 Å². The molecule has 1 aliphatic rings. The second kappa shape index (κ2) is 10.4. The number of rotatable bonds is 9. The van der Waals surface area contributed by atoms with E-state index in [2.05, 4.69) is 5.32 Å². The lowest BCUT2D eigenvalue weighted by molar-refractivity contribution is 0.0950. The molecule has 168 valence electrons. The van der Waals surface area contributed by atoms with Crippen molar-refractivity contribution in [1.29, 1.82) is 0 Å². The number of hydrogen-bond donors (Lipinski definition) is 1. The molecule has 6 nitrogen and oxygen atoms in total. The van der Waals surface area contributed by atoms with Crippen molar-refractivity contribution in [2.24, 2.45) is 0 Å². The SMILES string of the molecule is COc1ccc2c(c1)CCN(S(=O)(=O)CCCNC(=O)c1ccccc1SC(F)F)C2. The number of hydrogen-bond acceptors (Lipinski definition) is 5. The van der Waals surface area contributed by atoms with Crippen LogP contribution >= 0.6 is 11.8 Å². The average molecular weight is 471 g/mol. The first-order valence-electron chi connectivity index (χ1n) is 9.76. The van der Waals surface area contributed by atoms with Crippen LogP contribution in [0.25, 0.3) is 0 Å². The molecular formula is C21H24F2N2O4S2. The Morgan fingerprint density at radius 2 is 2.00 bits per heavy atom. The highest BCUT2D eigenvalue weighted by Gasteiger charge is 2.26. The lowest BCUT2D eigenvalue weighted by Crippen LogP contribution is -2.38. The van der Waals surface area contributed by atoms with Crippen molar-refractivity contribution in [3.05, 3.63) is 59.2 Å². The Balaban J connectivity index is 1.52. The van der Waals surface area contributed by atoms with Gasteiger partial charge < -0.3 is 10.1 Å². The van der Waals surface area contributed by atoms with Crippen LogP contribution in [-0.4, -0.2) is 50.3 Å². The Hall–Kier alpha value is -2.17. The van der Waals surface area contributed by atoms with Gasteiger partial charge in [-0.25, -0.2) is 8.42 Å². The fourth-order valence-electron chi connectivity index (χ4n) is 3.40. The number of ether oxygens (including phenoxy) is 1. The number of fused-ring (bicyclic) bond motifs is 1. The lowest BCUT2D eigenvalue weighted by atomic mass is 10.0. The number of nitrogens with zero attached hydrogens (tertiary/aromatic N) is 1. The highest BCUT2D eigenvalue weighted by molar-refractivity contribution is 7.99. The van der Waals surface area contributed by atoms with Gasteiger partial charge in [-0.1, -0.05) is 30.0 Å². The number of sulfonamides is 1. The van der Waals surface area contributed by atoms with Crippen LogP contribution in [-0.2, 0) is 23.0 Å². The van der Waals surface area contributed by atoms with Crippen LogP contribution in [0.1, 0.15) is 27.9 Å². The third kappa shape index (κ3) is 6.18. The van der Waals surface area contributed by atoms with Gasteiger partial charge in [0, 0.05) is 24.5 Å². The summed E-state index contributed by atoms with van der Waals surface area (Å²) < 4.78 is 57.4. The van der Waals surface area contributed by atoms with Crippen molar-refractivity contribution >= 4 is 27.7 Å². The van der Waals surface area contributed by atoms with Gasteiger partial charge in [-0.2, -0.15) is 13.1 Å². The van der Waals surface area contributed by atoms with Gasteiger partial charge in [0.05, 0.1) is 18.4 Å². The van der Waals surface area contributed by atoms with Crippen LogP contribution in [0.4, 0.5) is 8.78 Å². The van der Waals surface area contributed by atoms with Crippen LogP contribution in [0.3, 0.4) is 0 Å². The summed E-state index contributed by atoms with van der Waals surface area (Å²) in [5.74, 6) is -2.48. The third-order valence-electron chi connectivity index (χ3n) is 5.00. The zero-order valence-electron chi connectivity index (χ0n) is 17.0. The molecule has 0 atom stereocenters. The molecule has 2 aromatic carbocycles. The first-order chi connectivity index (χ1) is 14.8. The molecule has 1 aliphatic heterocycles. The van der Waals surface area contributed by atoms with Crippen molar-refractivity contribution in [2.75, 3.05) is 26.0 Å². The monoisotopic (exact) mass is 470 g/mol. The molecule has 0 saturated carbocycles. The summed E-state index contributed by atoms with van der Waals surface area (Å²) in [6.45, 7) is 0.840. The van der Waals surface area contributed by atoms with Crippen molar-refractivity contribution < 1.29 is 26.7 Å². The minimum Gasteiger partial charge on any atom is -0.497 e. The fraction of sp³-hybridized carbons (Fsp3) is 0.381. The Morgan fingerprint density at radius 3 is 2.74 bits per heavy atom. The number of halogens is 2. The average Bonchev–Trinajstić information content (AvgIpc) is 2.75. The maximum Gasteiger partial charge on any atom is 0.288 e. The van der Waals surface area contributed by atoms with Crippen LogP contribution in [0, 0.1) is 0 Å². The highest BCUT2D eigenvalue weighted by atomic mass is 32.2. The summed E-state index contributed by atoms with van der Waals surface area (Å²) in [4.78, 5) is 12.5. The second-order valence-corrected chi connectivity index (χ2v) is 10.1. The summed E-state index contributed by atoms with van der Waals surface area (Å²) in [6.07, 6.45) is 0.839. The topological polar surface area (TPSA) is 75.7 Å². The molecule has 0 fully saturated rings. The number of alkyl halides is 2. The summed E-state index contributed by atoms with van der Waals surface area (Å²) in [5.41, 5.74) is 2.19. The molecule has 0 spiro atoms. The Kier molecular flexibility index (Phi) is 7.90. The minimum atomic E-state index is -3.48. The summed E-state index contributed by atoms with van der Waals surface area (Å²) in [6, 6.07) is 11.7. The zero-order chi connectivity index (χ0) is 22.4. The summed E-state index contributed by atoms with van der Waals surface area (Å²) >= 11 is 0.308. The number of nitrogens with one attached hydrogen (secondary N) is 1. The largest absolute Gasteiger partial charge is 0.497 e. The molecular weight excluding hydrogens is 446 g/mol. The zero-order valence-corrected chi connectivity index (χ0v) is 18.6. The number of amides is 1. The van der Waals surface area contributed by atoms with Crippen LogP contribution in [0.2, 0.25) is 0 Å². The molecule has 31 heavy (non-hydrogen) atoms. The van der Waals surface area contributed by atoms with Crippen molar-refractivity contribution in [3.63, 3.8) is 0 Å². The number of thioether (sulfide) groups is 1. The van der Waals surface area contributed by atoms with Gasteiger partial charge in [0.25, 0.3) is 11.7 Å². The maximum atomic E-state index is 12.7. The standard InChI is InChI=1S/C21H24F2N2O4S2/c1-29-17-8-7-16-14-25(11-9-15(16)13-17)31(27,28)12-4-10-24-20(26)18-5-2-3-6-19(18)30-21(22)23/h2-3,5-8,13,21H,4,9-12,14H2,1H3,(H,24,26). The highest BCUT2D eigenvalue weighted by Crippen LogP contribution is 2.28. The van der Waals surface area contributed by atoms with E-state index in [1.807, 2.05) is 18.2 Å². The van der Waals surface area contributed by atoms with Crippen molar-refractivity contribution in [2.45, 2.75) is 30.0 Å². The Labute approximate surface area is 185 Å². The van der Waals surface area contributed by atoms with E-state index in [0.717, 1.165) is 16.9 Å². The molecule has 0 unspecified atom stereocenters. The van der Waals surface area contributed by atoms with Crippen LogP contribution < -0.4 is 10.1 Å². The van der Waals surface area contributed by atoms with Crippen molar-refractivity contribution in [1.82, 2.24) is 9.62 Å². The number of methoxy groups -OCH3 is 1. The predicted octanol–water partition coefficient (Wildman–Crippen LogP) is 3.52. The lowest BCUT2D eigenvalue weighted by Gasteiger charge is -2.28. The molecule has 0 aromatic heterocycles. The van der Waals surface area contributed by atoms with Gasteiger partial charge in [-0.05, 0) is 48.2 Å². The number of carbonyl (C=O) groups is 1. The van der Waals surface area contributed by atoms with Crippen molar-refractivity contribution in [3.8, 4) is 5.75 Å². The minimum absolute atomic E-state index is 0.105. The van der Waals surface area contributed by atoms with Gasteiger partial charge in [-0.15, -0.1) is 0 Å². The quantitative estimate of drug-likeness (QED) is 0.448. The van der Waals surface area contributed by atoms with E-state index in [0.29, 0.717) is 31.3 Å². The third-order valence-corrected chi connectivity index (χ3v) is 7.69. The summed E-state index contributed by atoms with van der Waals surface area (Å²) in [5, 5.41) is 2.62. The molecule has 1 heterocycles. The molecule has 0 aliphatic carbocycles. The predicted molar refractivity (Wildman–Crippen MR) is 116 cm³/mol. The molecule has 2 aromatic rings. The number of carbonyl (C=O) groups excluding carboxylic acids is 1. The van der Waals surface area contributed by atoms with Gasteiger partial charge >= 0.3 is 0 Å². The molecule has 1 amide bonds. The number of benzene rings is 2. The molecule has 3 rings (SSSR count). The van der Waals surface area contributed by atoms with Crippen LogP contribution in [0.15, 0.2) is 47.4 Å². The van der Waals surface area contributed by atoms with E-state index in [9.17, 15) is 22.0 Å². The van der Waals surface area contributed by atoms with Crippen LogP contribution in [0.5, 0.6) is 5.75 Å². The molecule has 0 bridgehead atoms. The molecule has 0 saturated heterocycles. The first kappa shape index (κ1) is 23.5. The Morgan fingerprint density at radius 1 is 1.23 bits per heavy atom. The van der Waals surface area contributed by atoms with E-state index in [1.54, 1.807) is 19.2 Å². The van der Waals surface area contributed by atoms with E-state index in [4.69, 9.17) is 4.74 Å². The van der Waals surface area contributed by atoms with E-state index in [1.165, 1.54) is 16.4 Å².